The molecule has 0 amide bonds. The van der Waals surface area contributed by atoms with Crippen LogP contribution in [0.3, 0.4) is 0 Å². The Labute approximate surface area is 166 Å². The van der Waals surface area contributed by atoms with Crippen LogP contribution in [0.2, 0.25) is 0 Å². The molecule has 3 rings (SSSR count). The minimum absolute atomic E-state index is 0.0397. The average molecular weight is 422 g/mol. The Balaban J connectivity index is 1.48. The Hall–Kier alpha value is -2.07. The number of carbonyl (C=O) groups excluding carboxylic acids is 1. The molecule has 0 radical (unpaired) electrons. The third-order valence-corrected chi connectivity index (χ3v) is 7.09. The van der Waals surface area contributed by atoms with Gasteiger partial charge < -0.3 is 5.32 Å². The summed E-state index contributed by atoms with van der Waals surface area (Å²) in [5, 5.41) is 7.11. The second-order valence-corrected chi connectivity index (χ2v) is 9.39. The van der Waals surface area contributed by atoms with Crippen molar-refractivity contribution in [2.24, 2.45) is 0 Å². The summed E-state index contributed by atoms with van der Waals surface area (Å²) in [6.45, 7) is 2.79. The van der Waals surface area contributed by atoms with E-state index in [1.165, 1.54) is 22.7 Å². The van der Waals surface area contributed by atoms with Gasteiger partial charge in [-0.3, -0.25) is 4.79 Å². The third kappa shape index (κ3) is 5.01. The van der Waals surface area contributed by atoms with E-state index in [0.717, 1.165) is 5.56 Å². The minimum atomic E-state index is -3.43. The number of carbonyl (C=O) groups is 1. The summed E-state index contributed by atoms with van der Waals surface area (Å²) < 4.78 is 26.6. The molecule has 9 heteroatoms. The lowest BCUT2D eigenvalue weighted by molar-refractivity contribution is 0.104. The highest BCUT2D eigenvalue weighted by Crippen LogP contribution is 2.22. The molecule has 3 aromatic rings. The van der Waals surface area contributed by atoms with Gasteiger partial charge in [0.15, 0.2) is 5.13 Å². The Morgan fingerprint density at radius 3 is 2.74 bits per heavy atom. The highest BCUT2D eigenvalue weighted by atomic mass is 32.2. The summed E-state index contributed by atoms with van der Waals surface area (Å²) in [6.07, 6.45) is 2.17. The number of anilines is 1. The Kier molecular flexibility index (Phi) is 6.38. The predicted molar refractivity (Wildman–Crippen MR) is 109 cm³/mol. The maximum Gasteiger partial charge on any atom is 0.241 e. The van der Waals surface area contributed by atoms with Crippen molar-refractivity contribution < 1.29 is 13.2 Å². The van der Waals surface area contributed by atoms with Gasteiger partial charge in [0.25, 0.3) is 0 Å². The molecule has 2 N–H and O–H groups in total. The van der Waals surface area contributed by atoms with E-state index in [0.29, 0.717) is 40.0 Å². The number of hydrogen-bond acceptors (Lipinski definition) is 7. The summed E-state index contributed by atoms with van der Waals surface area (Å²) in [6, 6.07) is 9.04. The van der Waals surface area contributed by atoms with Crippen molar-refractivity contribution in [2.75, 3.05) is 18.4 Å². The number of sulfonamides is 1. The van der Waals surface area contributed by atoms with Gasteiger partial charge in [0.05, 0.1) is 16.0 Å². The average Bonchev–Trinajstić information content (AvgIpc) is 3.34. The maximum absolute atomic E-state index is 12.5. The number of benzene rings is 1. The van der Waals surface area contributed by atoms with Gasteiger partial charge in [0.1, 0.15) is 0 Å². The lowest BCUT2D eigenvalue weighted by Gasteiger charge is -2.05. The highest BCUT2D eigenvalue weighted by Gasteiger charge is 2.15. The fourth-order valence-corrected chi connectivity index (χ4v) is 5.30. The van der Waals surface area contributed by atoms with Gasteiger partial charge in [-0.25, -0.2) is 18.1 Å². The molecule has 1 aromatic carbocycles. The maximum atomic E-state index is 12.5. The number of nitrogens with one attached hydrogen (secondary N) is 2. The van der Waals surface area contributed by atoms with Crippen LogP contribution in [0.4, 0.5) is 5.13 Å². The first-order chi connectivity index (χ1) is 13.0. The number of rotatable bonds is 9. The second kappa shape index (κ2) is 8.75. The van der Waals surface area contributed by atoms with Crippen LogP contribution >= 0.6 is 22.7 Å². The summed E-state index contributed by atoms with van der Waals surface area (Å²) in [4.78, 5) is 17.6. The molecule has 0 aliphatic rings. The number of nitrogens with zero attached hydrogens (tertiary/aromatic N) is 1. The van der Waals surface area contributed by atoms with Crippen molar-refractivity contribution in [1.82, 2.24) is 9.71 Å². The van der Waals surface area contributed by atoms with Crippen LogP contribution in [0.5, 0.6) is 0 Å². The van der Waals surface area contributed by atoms with E-state index < -0.39 is 10.0 Å². The quantitative estimate of drug-likeness (QED) is 0.408. The largest absolute Gasteiger partial charge is 0.361 e. The number of thiazole rings is 1. The van der Waals surface area contributed by atoms with Crippen LogP contribution in [-0.2, 0) is 10.0 Å². The SMILES string of the molecule is Cc1ccccc1C(=O)c1cnc(NCCCNS(=O)(=O)c2ccsc2)s1. The Morgan fingerprint density at radius 2 is 2.00 bits per heavy atom. The lowest BCUT2D eigenvalue weighted by atomic mass is 10.0. The summed E-state index contributed by atoms with van der Waals surface area (Å²) in [5.41, 5.74) is 1.61. The molecule has 2 aromatic heterocycles. The molecule has 0 atom stereocenters. The molecule has 0 aliphatic carbocycles. The van der Waals surface area contributed by atoms with Crippen molar-refractivity contribution in [1.29, 1.82) is 0 Å². The molecule has 0 saturated carbocycles. The standard InChI is InChI=1S/C18H19N3O3S3/c1-13-5-2-3-6-15(13)17(22)16-11-20-18(26-16)19-8-4-9-21-27(23,24)14-7-10-25-12-14/h2-3,5-7,10-12,21H,4,8-9H2,1H3,(H,19,20). The van der Waals surface area contributed by atoms with Crippen LogP contribution in [0.15, 0.2) is 52.2 Å². The molecular weight excluding hydrogens is 402 g/mol. The van der Waals surface area contributed by atoms with Crippen molar-refractivity contribution >= 4 is 43.6 Å². The Morgan fingerprint density at radius 1 is 1.19 bits per heavy atom. The van der Waals surface area contributed by atoms with Crippen LogP contribution in [0.25, 0.3) is 0 Å². The molecule has 0 spiro atoms. The lowest BCUT2D eigenvalue weighted by Crippen LogP contribution is -2.25. The first-order valence-electron chi connectivity index (χ1n) is 8.29. The van der Waals surface area contributed by atoms with Crippen molar-refractivity contribution in [3.05, 3.63) is 63.3 Å². The van der Waals surface area contributed by atoms with E-state index >= 15 is 0 Å². The van der Waals surface area contributed by atoms with Gasteiger partial charge in [-0.2, -0.15) is 11.3 Å². The molecule has 0 saturated heterocycles. The van der Waals surface area contributed by atoms with Crippen LogP contribution in [0.1, 0.15) is 27.2 Å². The third-order valence-electron chi connectivity index (χ3n) is 3.85. The smallest absolute Gasteiger partial charge is 0.241 e. The van der Waals surface area contributed by atoms with Gasteiger partial charge in [-0.05, 0) is 30.4 Å². The van der Waals surface area contributed by atoms with Gasteiger partial charge >= 0.3 is 0 Å². The van der Waals surface area contributed by atoms with Gasteiger partial charge in [0.2, 0.25) is 15.8 Å². The molecule has 142 valence electrons. The number of hydrogen-bond donors (Lipinski definition) is 2. The molecule has 2 heterocycles. The fourth-order valence-electron chi connectivity index (χ4n) is 2.40. The van der Waals surface area contributed by atoms with Gasteiger partial charge in [-0.15, -0.1) is 0 Å². The van der Waals surface area contributed by atoms with Gasteiger partial charge in [0, 0.05) is 24.0 Å². The van der Waals surface area contributed by atoms with Crippen LogP contribution in [0, 0.1) is 6.92 Å². The van der Waals surface area contributed by atoms with E-state index in [9.17, 15) is 13.2 Å². The molecule has 0 bridgehead atoms. The number of aromatic nitrogens is 1. The van der Waals surface area contributed by atoms with Crippen LogP contribution < -0.4 is 10.0 Å². The number of aryl methyl sites for hydroxylation is 1. The zero-order valence-corrected chi connectivity index (χ0v) is 17.1. The van der Waals surface area contributed by atoms with E-state index in [-0.39, 0.29) is 5.78 Å². The minimum Gasteiger partial charge on any atom is -0.361 e. The first kappa shape index (κ1) is 19.7. The molecule has 0 aliphatic heterocycles. The van der Waals surface area contributed by atoms with E-state index in [1.54, 1.807) is 23.0 Å². The van der Waals surface area contributed by atoms with Crippen LogP contribution in [-0.4, -0.2) is 32.3 Å². The zero-order valence-electron chi connectivity index (χ0n) is 14.6. The summed E-state index contributed by atoms with van der Waals surface area (Å²) in [7, 11) is -3.43. The highest BCUT2D eigenvalue weighted by molar-refractivity contribution is 7.89. The number of ketones is 1. The Bertz CT molecular complexity index is 1010. The fraction of sp³-hybridized carbons (Fsp3) is 0.222. The summed E-state index contributed by atoms with van der Waals surface area (Å²) in [5.74, 6) is -0.0397. The molecule has 0 unspecified atom stereocenters. The van der Waals surface area contributed by atoms with E-state index in [4.69, 9.17) is 0 Å². The predicted octanol–water partition coefficient (Wildman–Crippen LogP) is 3.52. The van der Waals surface area contributed by atoms with E-state index in [2.05, 4.69) is 15.0 Å². The van der Waals surface area contributed by atoms with Gasteiger partial charge in [-0.1, -0.05) is 35.6 Å². The van der Waals surface area contributed by atoms with Crippen molar-refractivity contribution in [3.8, 4) is 0 Å². The monoisotopic (exact) mass is 421 g/mol. The number of thiophene rings is 1. The van der Waals surface area contributed by atoms with Crippen molar-refractivity contribution in [3.63, 3.8) is 0 Å². The van der Waals surface area contributed by atoms with Crippen molar-refractivity contribution in [2.45, 2.75) is 18.2 Å². The molecule has 0 fully saturated rings. The molecular formula is C18H19N3O3S3. The normalized spacial score (nSPS) is 11.4. The van der Waals surface area contributed by atoms with E-state index in [1.807, 2.05) is 31.2 Å². The molecule has 27 heavy (non-hydrogen) atoms. The molecule has 6 nitrogen and oxygen atoms in total. The summed E-state index contributed by atoms with van der Waals surface area (Å²) >= 11 is 2.64. The first-order valence-corrected chi connectivity index (χ1v) is 11.5. The zero-order chi connectivity index (χ0) is 19.3. The topological polar surface area (TPSA) is 88.2 Å². The second-order valence-electron chi connectivity index (χ2n) is 5.81.